The Kier molecular flexibility index (Phi) is 53.6. The summed E-state index contributed by atoms with van der Waals surface area (Å²) in [6.07, 6.45) is 0. The molecule has 0 aliphatic rings. The first-order valence-corrected chi connectivity index (χ1v) is 16.9. The topological polar surface area (TPSA) is 1080 Å². The van der Waals surface area contributed by atoms with E-state index in [1.807, 2.05) is 0 Å². The maximum absolute atomic E-state index is 6.27. The first-order chi connectivity index (χ1) is 42.4. The summed E-state index contributed by atoms with van der Waals surface area (Å²) in [4.78, 5) is 0. The summed E-state index contributed by atoms with van der Waals surface area (Å²) in [7, 11) is 0. The molecule has 0 spiro atoms. The van der Waals surface area contributed by atoms with Gasteiger partial charge in [0.15, 0.2) is 0 Å². The minimum absolute atomic E-state index is 2.50. The number of rotatable bonds is 41. The molecule has 85 nitrogen and oxygen atoms in total. The van der Waals surface area contributed by atoms with E-state index in [-0.39, 0.29) is 0 Å². The molecule has 0 saturated carbocycles. The smallest absolute Gasteiger partial charge is 0 e. The first kappa shape index (κ1) is 68.0. The van der Waals surface area contributed by atoms with Gasteiger partial charge in [0.05, 0.1) is 0 Å². The van der Waals surface area contributed by atoms with Crippen LogP contribution >= 0.6 is 0 Å². The highest BCUT2D eigenvalue weighted by atomic mass is 15.8. The molecule has 0 aliphatic carbocycles. The van der Waals surface area contributed by atoms with E-state index in [0.29, 0.717) is 0 Å². The highest BCUT2D eigenvalue weighted by Gasteiger charge is 1.78. The van der Waals surface area contributed by atoms with Gasteiger partial charge in [0.1, 0.15) is 0 Å². The van der Waals surface area contributed by atoms with Crippen molar-refractivity contribution in [3.05, 3.63) is 0 Å². The largest absolute Gasteiger partial charge is 0.303 e. The van der Waals surface area contributed by atoms with Gasteiger partial charge >= 0.3 is 0 Å². The fourth-order valence-electron chi connectivity index (χ4n) is 1.46. The Morgan fingerprint density at radius 2 is 0.153 bits per heavy atom. The van der Waals surface area contributed by atoms with Crippen LogP contribution in [0.15, 0.2) is 434 Å². The normalized spacial score (nSPS) is 15.6. The second kappa shape index (κ2) is 67.0. The van der Waals surface area contributed by atoms with Crippen LogP contribution in [0.5, 0.6) is 0 Å². The van der Waals surface area contributed by atoms with Crippen LogP contribution in [0.1, 0.15) is 0 Å². The van der Waals surface area contributed by atoms with Crippen LogP contribution in [0.25, 0.3) is 0 Å². The summed E-state index contributed by atoms with van der Waals surface area (Å²) in [5.41, 5.74) is 6.27. The zero-order chi connectivity index (χ0) is 60.7. The number of hydrogen-bond acceptors (Lipinski definition) is 2. The monoisotopic (exact) mass is 1190 g/mol. The summed E-state index contributed by atoms with van der Waals surface area (Å²) >= 11 is 0. The maximum Gasteiger partial charge on any atom is 0 e. The van der Waals surface area contributed by atoms with Crippen LogP contribution in [0.2, 0.25) is 0 Å². The van der Waals surface area contributed by atoms with E-state index in [9.17, 15) is 0 Å². The fraction of sp³-hybridized carbons (Fsp3) is 0. The molecule has 0 aromatic heterocycles. The summed E-state index contributed by atoms with van der Waals surface area (Å²) in [6.45, 7) is 0. The van der Waals surface area contributed by atoms with Gasteiger partial charge in [-0.05, 0) is 78.3 Å². The molecule has 0 atom stereocenters. The van der Waals surface area contributed by atoms with Crippen LogP contribution in [0.3, 0.4) is 0 Å². The van der Waals surface area contributed by atoms with Crippen molar-refractivity contribution in [3.63, 3.8) is 0 Å². The lowest BCUT2D eigenvalue weighted by molar-refractivity contribution is 0.723. The van der Waals surface area contributed by atoms with Gasteiger partial charge in [0, 0.05) is 350 Å². The SMILES string of the molecule is N=N/N=N/N=N/N=N/N=N/N=N/N=N/N=N/N=N/N=N/N=N/N=N/N=N/N=N/N=N/N=N/N=N/N=N/N=N/N=N/N=N/N=N/N=N/N=N/N=N/N=N/N=N/N=N/N=N/N=N/N=N/N=N/N=N/N=N/N=N/N=N/N=N/N=N/N=N/N=N/N=N/N=N/N. The molecule has 428 valence electrons. The van der Waals surface area contributed by atoms with Crippen molar-refractivity contribution in [1.29, 1.82) is 5.53 Å². The third-order valence-corrected chi connectivity index (χ3v) is 3.30. The second-order valence-electron chi connectivity index (χ2n) is 7.46. The van der Waals surface area contributed by atoms with Gasteiger partial charge in [0.2, 0.25) is 0 Å². The molecule has 0 amide bonds. The molecule has 0 unspecified atom stereocenters. The molecule has 85 heavy (non-hydrogen) atoms. The van der Waals surface area contributed by atoms with Crippen molar-refractivity contribution < 1.29 is 0 Å². The molecular formula is H3N85. The molecule has 0 bridgehead atoms. The Bertz CT molecular complexity index is 3040. The van der Waals surface area contributed by atoms with E-state index >= 15 is 0 Å². The third kappa shape index (κ3) is 67.0. The second-order valence-corrected chi connectivity index (χ2v) is 7.46. The predicted octanol–water partition coefficient (Wildman–Crippen LogP) is 14.9. The minimum atomic E-state index is 2.50. The summed E-state index contributed by atoms with van der Waals surface area (Å²) in [5, 5.41) is 247. The standard InChI is InChI=1S/H3N85/c1-3-5-7-9-11-13-15-17-19-21-23-25-27-29-31-33-35-37-39-41-43-45-47-49-51-53-55-57-59-61-63-65-67-69-71-73-75-77-79-81-83-85-84-82-80-78-76-74-72-70-68-66-64-62-60-58-56-54-52-50-48-46-44-42-40-38-36-34-32-30-28-26-24-22-20-18-16-14-12-10-8-6-4-2/h(H3,1,2,5,6,9,10,13,14,17,18,21,22,25,26,29,30,33,34,37,38,41,42,45,46,49,50,53,54,57,58,61,62,65,66,69,70,73,74,77,78,81,82,85). The van der Waals surface area contributed by atoms with Gasteiger partial charge in [-0.1, -0.05) is 5.22 Å². The number of nitrogens with two attached hydrogens (primary N) is 1. The molecule has 0 radical (unpaired) electrons. The summed E-state index contributed by atoms with van der Waals surface area (Å²) < 4.78 is 0. The lowest BCUT2D eigenvalue weighted by atomic mass is 12.3. The van der Waals surface area contributed by atoms with E-state index in [2.05, 4.69) is 439 Å². The van der Waals surface area contributed by atoms with E-state index in [4.69, 9.17) is 5.53 Å². The molecule has 3 N–H and O–H groups in total. The Morgan fingerprint density at radius 3 is 0.212 bits per heavy atom. The lowest BCUT2D eigenvalue weighted by Crippen LogP contribution is -1.70. The molecule has 85 heteroatoms. The zero-order valence-electron chi connectivity index (χ0n) is 38.2. The number of hydrogen-bond donors (Lipinski definition) is 2. The van der Waals surface area contributed by atoms with Crippen LogP contribution < -0.4 is 5.84 Å². The Labute approximate surface area is 445 Å². The molecule has 0 fully saturated rings. The van der Waals surface area contributed by atoms with Gasteiger partial charge in [0.25, 0.3) is 0 Å². The minimum Gasteiger partial charge on any atom is -0.303 e. The van der Waals surface area contributed by atoms with Crippen molar-refractivity contribution in [3.8, 4) is 0 Å². The quantitative estimate of drug-likeness (QED) is 0.0336. The van der Waals surface area contributed by atoms with Crippen LogP contribution in [0.4, 0.5) is 0 Å². The molecule has 0 heterocycles. The Hall–Kier alpha value is -17.0. The highest BCUT2D eigenvalue weighted by Crippen LogP contribution is 1.97. The van der Waals surface area contributed by atoms with Crippen LogP contribution in [-0.2, 0) is 0 Å². The third-order valence-electron chi connectivity index (χ3n) is 3.30. The van der Waals surface area contributed by atoms with Crippen molar-refractivity contribution in [1.82, 2.24) is 0 Å². The Morgan fingerprint density at radius 1 is 0.0941 bits per heavy atom. The van der Waals surface area contributed by atoms with E-state index in [1.54, 1.807) is 0 Å². The zero-order valence-corrected chi connectivity index (χ0v) is 38.2. The first-order valence-electron chi connectivity index (χ1n) is 16.9. The molecule has 0 saturated heterocycles. The Balaban J connectivity index is 4.11. The molecular weight excluding hydrogens is 1190 g/mol. The summed E-state index contributed by atoms with van der Waals surface area (Å²) in [6, 6.07) is 0. The van der Waals surface area contributed by atoms with Crippen LogP contribution in [-0.4, -0.2) is 0 Å². The molecule has 0 rings (SSSR count). The maximum atomic E-state index is 6.27. The van der Waals surface area contributed by atoms with Gasteiger partial charge in [-0.25, -0.2) is 0 Å². The van der Waals surface area contributed by atoms with Crippen molar-refractivity contribution in [2.24, 2.45) is 439 Å². The van der Waals surface area contributed by atoms with E-state index < -0.39 is 0 Å². The summed E-state index contributed by atoms with van der Waals surface area (Å²) in [5.74, 6) is 4.63. The average Bonchev–Trinajstić information content (AvgIpc) is 3.51. The number of nitrogens with zero attached hydrogens (tertiary/aromatic N) is 83. The molecule has 0 aromatic carbocycles. The van der Waals surface area contributed by atoms with E-state index in [0.717, 1.165) is 0 Å². The lowest BCUT2D eigenvalue weighted by Gasteiger charge is -1.71. The fourth-order valence-corrected chi connectivity index (χ4v) is 1.46. The highest BCUT2D eigenvalue weighted by molar-refractivity contribution is 4.21. The van der Waals surface area contributed by atoms with Gasteiger partial charge in [-0.2, -0.15) is 5.53 Å². The predicted molar refractivity (Wildman–Crippen MR) is 208 cm³/mol. The van der Waals surface area contributed by atoms with Crippen molar-refractivity contribution >= 4 is 0 Å². The van der Waals surface area contributed by atoms with Crippen molar-refractivity contribution in [2.45, 2.75) is 0 Å². The van der Waals surface area contributed by atoms with Crippen LogP contribution in [0, 0.1) is 5.53 Å². The molecule has 0 aliphatic heterocycles. The van der Waals surface area contributed by atoms with Gasteiger partial charge < -0.3 is 5.84 Å². The van der Waals surface area contributed by atoms with Crippen molar-refractivity contribution in [2.75, 3.05) is 0 Å². The molecule has 0 aromatic rings. The van der Waals surface area contributed by atoms with Gasteiger partial charge in [-0.3, -0.25) is 0 Å². The van der Waals surface area contributed by atoms with Gasteiger partial charge in [-0.15, -0.1) is 0 Å². The number of nitrogens with one attached hydrogen (secondary N) is 1. The average molecular weight is 1190 g/mol. The van der Waals surface area contributed by atoms with E-state index in [1.165, 1.54) is 0 Å².